The van der Waals surface area contributed by atoms with Crippen LogP contribution in [0.2, 0.25) is 0 Å². The molecule has 1 saturated heterocycles. The Morgan fingerprint density at radius 2 is 2.50 bits per heavy atom. The number of hydrogen-bond acceptors (Lipinski definition) is 3. The average molecular weight is 172 g/mol. The molecule has 0 aromatic carbocycles. The van der Waals surface area contributed by atoms with Gasteiger partial charge >= 0.3 is 0 Å². The van der Waals surface area contributed by atoms with E-state index >= 15 is 0 Å². The molecule has 1 aliphatic heterocycles. The summed E-state index contributed by atoms with van der Waals surface area (Å²) in [5, 5.41) is 0. The summed E-state index contributed by atoms with van der Waals surface area (Å²) in [5.74, 6) is 5.85. The molecule has 1 rings (SSSR count). The molecule has 0 saturated carbocycles. The molecular weight excluding hydrogens is 156 g/mol. The van der Waals surface area contributed by atoms with Gasteiger partial charge < -0.3 is 10.5 Å². The lowest BCUT2D eigenvalue weighted by molar-refractivity contribution is 0.182. The molecule has 0 spiro atoms. The van der Waals surface area contributed by atoms with Crippen molar-refractivity contribution in [2.24, 2.45) is 22.5 Å². The third-order valence-corrected chi connectivity index (χ3v) is 2.14. The van der Waals surface area contributed by atoms with E-state index in [9.17, 15) is 0 Å². The zero-order valence-electron chi connectivity index (χ0n) is 7.29. The summed E-state index contributed by atoms with van der Waals surface area (Å²) in [7, 11) is 0. The van der Waals surface area contributed by atoms with Crippen LogP contribution in [0.15, 0.2) is 4.99 Å². The number of guanidine groups is 1. The molecule has 0 bridgehead atoms. The number of aliphatic imine (C=N–C) groups is 1. The van der Waals surface area contributed by atoms with Crippen LogP contribution in [0.4, 0.5) is 0 Å². The van der Waals surface area contributed by atoms with Gasteiger partial charge in [0.15, 0.2) is 0 Å². The van der Waals surface area contributed by atoms with Crippen molar-refractivity contribution in [2.45, 2.75) is 19.4 Å². The molecule has 12 heavy (non-hydrogen) atoms. The van der Waals surface area contributed by atoms with E-state index in [2.05, 4.69) is 10.4 Å². The Morgan fingerprint density at radius 1 is 1.75 bits per heavy atom. The predicted octanol–water partition coefficient (Wildman–Crippen LogP) is -0.811. The second-order valence-electron chi connectivity index (χ2n) is 3.02. The van der Waals surface area contributed by atoms with Gasteiger partial charge in [0.1, 0.15) is 0 Å². The van der Waals surface area contributed by atoms with E-state index in [-0.39, 0.29) is 12.0 Å². The fourth-order valence-corrected chi connectivity index (χ4v) is 1.30. The van der Waals surface area contributed by atoms with Crippen molar-refractivity contribution < 1.29 is 4.74 Å². The van der Waals surface area contributed by atoms with Gasteiger partial charge in [-0.05, 0) is 13.3 Å². The van der Waals surface area contributed by atoms with Crippen molar-refractivity contribution in [2.75, 3.05) is 13.2 Å². The molecular formula is C7H16N4O. The van der Waals surface area contributed by atoms with Crippen LogP contribution < -0.4 is 17.0 Å². The lowest BCUT2D eigenvalue weighted by Gasteiger charge is -2.13. The Kier molecular flexibility index (Phi) is 3.31. The molecule has 5 heteroatoms. The maximum atomic E-state index is 5.41. The van der Waals surface area contributed by atoms with Gasteiger partial charge in [0.05, 0.1) is 12.6 Å². The highest BCUT2D eigenvalue weighted by atomic mass is 16.5. The quantitative estimate of drug-likeness (QED) is 0.220. The lowest BCUT2D eigenvalue weighted by Crippen LogP contribution is -2.38. The minimum absolute atomic E-state index is 0.184. The summed E-state index contributed by atoms with van der Waals surface area (Å²) in [6, 6.07) is 0.184. The highest BCUT2D eigenvalue weighted by Crippen LogP contribution is 2.18. The number of nitrogens with zero attached hydrogens (tertiary/aromatic N) is 1. The van der Waals surface area contributed by atoms with Gasteiger partial charge in [-0.2, -0.15) is 0 Å². The van der Waals surface area contributed by atoms with Crippen LogP contribution in [0, 0.1) is 5.92 Å². The number of nitrogens with one attached hydrogen (secondary N) is 1. The first-order chi connectivity index (χ1) is 5.74. The summed E-state index contributed by atoms with van der Waals surface area (Å²) in [6.07, 6.45) is 1.06. The van der Waals surface area contributed by atoms with Gasteiger partial charge in [-0.3, -0.25) is 5.43 Å². The van der Waals surface area contributed by atoms with Crippen LogP contribution in [-0.2, 0) is 4.74 Å². The van der Waals surface area contributed by atoms with E-state index in [1.165, 1.54) is 0 Å². The Hall–Kier alpha value is -0.810. The number of ether oxygens (including phenoxy) is 1. The molecule has 70 valence electrons. The fraction of sp³-hybridized carbons (Fsp3) is 0.857. The van der Waals surface area contributed by atoms with E-state index in [4.69, 9.17) is 16.3 Å². The Morgan fingerprint density at radius 3 is 3.00 bits per heavy atom. The molecule has 1 heterocycles. The first-order valence-electron chi connectivity index (χ1n) is 4.11. The molecule has 2 atom stereocenters. The van der Waals surface area contributed by atoms with Gasteiger partial charge in [-0.1, -0.05) is 0 Å². The number of nitrogens with two attached hydrogens (primary N) is 2. The minimum Gasteiger partial charge on any atom is -0.381 e. The molecule has 0 aromatic rings. The van der Waals surface area contributed by atoms with Crippen LogP contribution in [0.25, 0.3) is 0 Å². The first kappa shape index (κ1) is 9.28. The van der Waals surface area contributed by atoms with Crippen molar-refractivity contribution >= 4 is 5.96 Å². The van der Waals surface area contributed by atoms with Crippen LogP contribution >= 0.6 is 0 Å². The molecule has 1 aliphatic rings. The average Bonchev–Trinajstić information content (AvgIpc) is 2.56. The van der Waals surface area contributed by atoms with E-state index in [0.29, 0.717) is 5.92 Å². The molecule has 0 aromatic heterocycles. The van der Waals surface area contributed by atoms with Crippen LogP contribution in [0.1, 0.15) is 13.3 Å². The topological polar surface area (TPSA) is 85.7 Å². The molecule has 0 aliphatic carbocycles. The maximum Gasteiger partial charge on any atom is 0.203 e. The molecule has 0 amide bonds. The highest BCUT2D eigenvalue weighted by Gasteiger charge is 2.21. The van der Waals surface area contributed by atoms with E-state index in [1.807, 2.05) is 6.92 Å². The van der Waals surface area contributed by atoms with Gasteiger partial charge in [0.2, 0.25) is 5.96 Å². The van der Waals surface area contributed by atoms with Gasteiger partial charge in [0.25, 0.3) is 0 Å². The Balaban J connectivity index is 2.40. The molecule has 5 nitrogen and oxygen atoms in total. The molecule has 5 N–H and O–H groups in total. The Bertz CT molecular complexity index is 165. The fourth-order valence-electron chi connectivity index (χ4n) is 1.30. The van der Waals surface area contributed by atoms with Crippen molar-refractivity contribution in [3.05, 3.63) is 0 Å². The van der Waals surface area contributed by atoms with E-state index in [1.54, 1.807) is 0 Å². The normalized spacial score (nSPS) is 27.2. The number of rotatable bonds is 2. The standard InChI is InChI=1S/C7H16N4O/c1-5(10-7(8)11-9)6-2-3-12-4-6/h5-6H,2-4,9H2,1H3,(H3,8,10,11). The number of hydrogen-bond donors (Lipinski definition) is 3. The van der Waals surface area contributed by atoms with Crippen LogP contribution in [-0.4, -0.2) is 25.2 Å². The van der Waals surface area contributed by atoms with Crippen LogP contribution in [0.5, 0.6) is 0 Å². The summed E-state index contributed by atoms with van der Waals surface area (Å²) in [4.78, 5) is 4.16. The van der Waals surface area contributed by atoms with Crippen molar-refractivity contribution in [3.8, 4) is 0 Å². The zero-order chi connectivity index (χ0) is 8.97. The predicted molar refractivity (Wildman–Crippen MR) is 47.3 cm³/mol. The second kappa shape index (κ2) is 4.27. The Labute approximate surface area is 72.1 Å². The highest BCUT2D eigenvalue weighted by molar-refractivity contribution is 5.77. The minimum atomic E-state index is 0.184. The molecule has 0 radical (unpaired) electrons. The van der Waals surface area contributed by atoms with E-state index in [0.717, 1.165) is 19.6 Å². The largest absolute Gasteiger partial charge is 0.381 e. The van der Waals surface area contributed by atoms with Crippen molar-refractivity contribution in [3.63, 3.8) is 0 Å². The van der Waals surface area contributed by atoms with Gasteiger partial charge in [-0.25, -0.2) is 10.8 Å². The van der Waals surface area contributed by atoms with E-state index < -0.39 is 0 Å². The third-order valence-electron chi connectivity index (χ3n) is 2.14. The van der Waals surface area contributed by atoms with Crippen LogP contribution in [0.3, 0.4) is 0 Å². The molecule has 1 fully saturated rings. The monoisotopic (exact) mass is 172 g/mol. The smallest absolute Gasteiger partial charge is 0.203 e. The maximum absolute atomic E-state index is 5.41. The third kappa shape index (κ3) is 2.35. The summed E-state index contributed by atoms with van der Waals surface area (Å²) in [5.41, 5.74) is 7.72. The van der Waals surface area contributed by atoms with Gasteiger partial charge in [-0.15, -0.1) is 0 Å². The molecule has 2 unspecified atom stereocenters. The van der Waals surface area contributed by atoms with Crippen molar-refractivity contribution in [1.82, 2.24) is 5.43 Å². The zero-order valence-corrected chi connectivity index (χ0v) is 7.29. The van der Waals surface area contributed by atoms with Gasteiger partial charge in [0, 0.05) is 12.5 Å². The van der Waals surface area contributed by atoms with Crippen molar-refractivity contribution in [1.29, 1.82) is 0 Å². The SMILES string of the molecule is CC(N=C(N)NN)C1CCOC1. The first-order valence-corrected chi connectivity index (χ1v) is 4.11. The second-order valence-corrected chi connectivity index (χ2v) is 3.02. The number of hydrazine groups is 1. The summed E-state index contributed by atoms with van der Waals surface area (Å²) in [6.45, 7) is 3.63. The summed E-state index contributed by atoms with van der Waals surface area (Å²) < 4.78 is 5.23. The summed E-state index contributed by atoms with van der Waals surface area (Å²) >= 11 is 0. The lowest BCUT2D eigenvalue weighted by atomic mass is 10.0.